The van der Waals surface area contributed by atoms with Gasteiger partial charge in [-0.1, -0.05) is 31.2 Å². The molecule has 0 amide bonds. The van der Waals surface area contributed by atoms with Crippen LogP contribution in [0.1, 0.15) is 26.2 Å². The maximum atomic E-state index is 3.58. The summed E-state index contributed by atoms with van der Waals surface area (Å²) in [6.07, 6.45) is 13.2. The molecule has 0 fully saturated rings. The average molecular weight is 177 g/mol. The Bertz CT molecular complexity index is 217. The highest BCUT2D eigenvalue weighted by Crippen LogP contribution is 2.28. The second-order valence-electron chi connectivity index (χ2n) is 4.26. The summed E-state index contributed by atoms with van der Waals surface area (Å²) in [5.74, 6) is 1.57. The molecule has 0 aromatic rings. The van der Waals surface area contributed by atoms with Gasteiger partial charge in [0, 0.05) is 6.04 Å². The van der Waals surface area contributed by atoms with Crippen molar-refractivity contribution >= 4 is 0 Å². The van der Waals surface area contributed by atoms with Gasteiger partial charge in [-0.25, -0.2) is 0 Å². The molecule has 72 valence electrons. The van der Waals surface area contributed by atoms with Gasteiger partial charge in [0.2, 0.25) is 0 Å². The second kappa shape index (κ2) is 4.10. The SMILES string of the molecule is CC1CCC=CC1C1C=CCCN1. The molecule has 1 aliphatic heterocycles. The van der Waals surface area contributed by atoms with Crippen LogP contribution in [-0.4, -0.2) is 12.6 Å². The highest BCUT2D eigenvalue weighted by atomic mass is 14.9. The summed E-state index contributed by atoms with van der Waals surface area (Å²) in [5.41, 5.74) is 0. The van der Waals surface area contributed by atoms with Gasteiger partial charge in [-0.2, -0.15) is 0 Å². The molecule has 0 spiro atoms. The first-order chi connectivity index (χ1) is 6.38. The van der Waals surface area contributed by atoms with E-state index < -0.39 is 0 Å². The predicted octanol–water partition coefficient (Wildman–Crippen LogP) is 2.51. The Labute approximate surface area is 80.9 Å². The lowest BCUT2D eigenvalue weighted by molar-refractivity contribution is 0.322. The minimum Gasteiger partial charge on any atom is -0.310 e. The van der Waals surface area contributed by atoms with Crippen LogP contribution in [-0.2, 0) is 0 Å². The summed E-state index contributed by atoms with van der Waals surface area (Å²) >= 11 is 0. The van der Waals surface area contributed by atoms with Gasteiger partial charge in [0.05, 0.1) is 0 Å². The van der Waals surface area contributed by atoms with Gasteiger partial charge in [-0.3, -0.25) is 0 Å². The van der Waals surface area contributed by atoms with Crippen molar-refractivity contribution in [3.8, 4) is 0 Å². The highest BCUT2D eigenvalue weighted by Gasteiger charge is 2.24. The van der Waals surface area contributed by atoms with Crippen LogP contribution in [0, 0.1) is 11.8 Å². The Morgan fingerprint density at radius 1 is 1.15 bits per heavy atom. The van der Waals surface area contributed by atoms with Crippen molar-refractivity contribution in [1.82, 2.24) is 5.32 Å². The summed E-state index contributed by atoms with van der Waals surface area (Å²) < 4.78 is 0. The summed E-state index contributed by atoms with van der Waals surface area (Å²) in [5, 5.41) is 3.58. The molecule has 1 heterocycles. The van der Waals surface area contributed by atoms with E-state index in [-0.39, 0.29) is 0 Å². The molecule has 1 heteroatoms. The van der Waals surface area contributed by atoms with Gasteiger partial charge in [-0.15, -0.1) is 0 Å². The van der Waals surface area contributed by atoms with E-state index in [0.717, 1.165) is 18.4 Å². The Hall–Kier alpha value is -0.560. The molecule has 0 saturated carbocycles. The summed E-state index contributed by atoms with van der Waals surface area (Å²) in [6, 6.07) is 0.597. The van der Waals surface area contributed by atoms with Crippen LogP contribution >= 0.6 is 0 Å². The lowest BCUT2D eigenvalue weighted by atomic mass is 9.80. The fourth-order valence-electron chi connectivity index (χ4n) is 2.38. The van der Waals surface area contributed by atoms with Crippen LogP contribution in [0.3, 0.4) is 0 Å². The van der Waals surface area contributed by atoms with Gasteiger partial charge < -0.3 is 5.32 Å². The van der Waals surface area contributed by atoms with Gasteiger partial charge in [0.1, 0.15) is 0 Å². The van der Waals surface area contributed by atoms with Crippen molar-refractivity contribution in [1.29, 1.82) is 0 Å². The number of allylic oxidation sites excluding steroid dienone is 1. The Kier molecular flexibility index (Phi) is 2.84. The van der Waals surface area contributed by atoms with E-state index in [1.165, 1.54) is 19.3 Å². The van der Waals surface area contributed by atoms with Crippen LogP contribution < -0.4 is 5.32 Å². The third-order valence-electron chi connectivity index (χ3n) is 3.25. The third kappa shape index (κ3) is 2.02. The van der Waals surface area contributed by atoms with E-state index in [9.17, 15) is 0 Å². The van der Waals surface area contributed by atoms with Gasteiger partial charge in [0.15, 0.2) is 0 Å². The molecule has 0 aromatic carbocycles. The van der Waals surface area contributed by atoms with E-state index in [1.54, 1.807) is 0 Å². The minimum atomic E-state index is 0.597. The first-order valence-electron chi connectivity index (χ1n) is 5.44. The van der Waals surface area contributed by atoms with E-state index in [4.69, 9.17) is 0 Å². The Morgan fingerprint density at radius 2 is 2.00 bits per heavy atom. The molecule has 2 aliphatic rings. The molecular weight excluding hydrogens is 158 g/mol. The third-order valence-corrected chi connectivity index (χ3v) is 3.25. The highest BCUT2D eigenvalue weighted by molar-refractivity contribution is 5.09. The fraction of sp³-hybridized carbons (Fsp3) is 0.667. The molecular formula is C12H19N. The quantitative estimate of drug-likeness (QED) is 0.607. The Morgan fingerprint density at radius 3 is 2.69 bits per heavy atom. The van der Waals surface area contributed by atoms with E-state index >= 15 is 0 Å². The van der Waals surface area contributed by atoms with Crippen molar-refractivity contribution in [3.05, 3.63) is 24.3 Å². The maximum Gasteiger partial charge on any atom is 0.0315 e. The predicted molar refractivity (Wildman–Crippen MR) is 56.6 cm³/mol. The van der Waals surface area contributed by atoms with E-state index in [1.807, 2.05) is 0 Å². The molecule has 0 bridgehead atoms. The van der Waals surface area contributed by atoms with Crippen molar-refractivity contribution in [2.45, 2.75) is 32.2 Å². The van der Waals surface area contributed by atoms with E-state index in [0.29, 0.717) is 6.04 Å². The zero-order valence-electron chi connectivity index (χ0n) is 8.37. The average Bonchev–Trinajstić information content (AvgIpc) is 2.20. The van der Waals surface area contributed by atoms with Crippen molar-refractivity contribution < 1.29 is 0 Å². The van der Waals surface area contributed by atoms with E-state index in [2.05, 4.69) is 36.5 Å². The molecule has 1 nitrogen and oxygen atoms in total. The number of hydrogen-bond acceptors (Lipinski definition) is 1. The first-order valence-corrected chi connectivity index (χ1v) is 5.44. The molecule has 0 aromatic heterocycles. The van der Waals surface area contributed by atoms with Crippen molar-refractivity contribution in [2.24, 2.45) is 11.8 Å². The summed E-state index contributed by atoms with van der Waals surface area (Å²) in [7, 11) is 0. The first kappa shape index (κ1) is 9.01. The zero-order chi connectivity index (χ0) is 9.10. The van der Waals surface area contributed by atoms with Crippen molar-refractivity contribution in [3.63, 3.8) is 0 Å². The lowest BCUT2D eigenvalue weighted by Gasteiger charge is -2.32. The van der Waals surface area contributed by atoms with Crippen LogP contribution in [0.4, 0.5) is 0 Å². The van der Waals surface area contributed by atoms with Crippen LogP contribution in [0.2, 0.25) is 0 Å². The number of hydrogen-bond donors (Lipinski definition) is 1. The molecule has 13 heavy (non-hydrogen) atoms. The summed E-state index contributed by atoms with van der Waals surface area (Å²) in [4.78, 5) is 0. The second-order valence-corrected chi connectivity index (χ2v) is 4.26. The summed E-state index contributed by atoms with van der Waals surface area (Å²) in [6.45, 7) is 3.52. The molecule has 1 aliphatic carbocycles. The zero-order valence-corrected chi connectivity index (χ0v) is 8.37. The molecule has 0 radical (unpaired) electrons. The van der Waals surface area contributed by atoms with Crippen LogP contribution in [0.25, 0.3) is 0 Å². The van der Waals surface area contributed by atoms with Crippen LogP contribution in [0.15, 0.2) is 24.3 Å². The lowest BCUT2D eigenvalue weighted by Crippen LogP contribution is -2.39. The smallest absolute Gasteiger partial charge is 0.0315 e. The maximum absolute atomic E-state index is 3.58. The monoisotopic (exact) mass is 177 g/mol. The number of rotatable bonds is 1. The molecule has 3 unspecified atom stereocenters. The van der Waals surface area contributed by atoms with Crippen LogP contribution in [0.5, 0.6) is 0 Å². The normalized spacial score (nSPS) is 39.3. The van der Waals surface area contributed by atoms with Gasteiger partial charge in [0.25, 0.3) is 0 Å². The fourth-order valence-corrected chi connectivity index (χ4v) is 2.38. The largest absolute Gasteiger partial charge is 0.310 e. The minimum absolute atomic E-state index is 0.597. The molecule has 2 rings (SSSR count). The molecule has 3 atom stereocenters. The number of nitrogens with one attached hydrogen (secondary N) is 1. The topological polar surface area (TPSA) is 12.0 Å². The standard InChI is InChI=1S/C12H19N/c1-10-6-2-3-7-11(10)12-8-4-5-9-13-12/h3-4,7-8,10-13H,2,5-6,9H2,1H3. The Balaban J connectivity index is 2.04. The van der Waals surface area contributed by atoms with Gasteiger partial charge >= 0.3 is 0 Å². The van der Waals surface area contributed by atoms with Gasteiger partial charge in [-0.05, 0) is 37.6 Å². The van der Waals surface area contributed by atoms with Crippen molar-refractivity contribution in [2.75, 3.05) is 6.54 Å². The molecule has 0 saturated heterocycles. The molecule has 1 N–H and O–H groups in total.